The molecule has 0 spiro atoms. The Bertz CT molecular complexity index is 812. The molecule has 1 aromatic heterocycles. The molecule has 2 heterocycles. The quantitative estimate of drug-likeness (QED) is 0.841. The molecular formula is C14H12FN5O3. The smallest absolute Gasteiger partial charge is 0.357 e. The number of carbonyl (C=O) groups is 2. The summed E-state index contributed by atoms with van der Waals surface area (Å²) in [6.07, 6.45) is 0. The number of tetrazole rings is 1. The number of ketones is 1. The van der Waals surface area contributed by atoms with Crippen LogP contribution in [0.2, 0.25) is 0 Å². The van der Waals surface area contributed by atoms with E-state index in [0.29, 0.717) is 5.56 Å². The number of rotatable bonds is 3. The zero-order valence-electron chi connectivity index (χ0n) is 12.3. The van der Waals surface area contributed by atoms with Crippen LogP contribution in [-0.4, -0.2) is 39.1 Å². The van der Waals surface area contributed by atoms with Crippen molar-refractivity contribution in [3.63, 3.8) is 0 Å². The lowest BCUT2D eigenvalue weighted by molar-refractivity contribution is -0.134. The van der Waals surface area contributed by atoms with Gasteiger partial charge in [0.15, 0.2) is 11.5 Å². The lowest BCUT2D eigenvalue weighted by Crippen LogP contribution is -2.30. The van der Waals surface area contributed by atoms with Crippen LogP contribution < -0.4 is 5.32 Å². The molecule has 118 valence electrons. The molecule has 23 heavy (non-hydrogen) atoms. The number of carbonyl (C=O) groups excluding carboxylic acids is 2. The maximum Gasteiger partial charge on any atom is 0.357 e. The fraction of sp³-hybridized carbons (Fsp3) is 0.214. The van der Waals surface area contributed by atoms with Crippen LogP contribution in [0.25, 0.3) is 5.70 Å². The number of ether oxygens (including phenoxy) is 1. The highest BCUT2D eigenvalue weighted by Gasteiger charge is 2.36. The van der Waals surface area contributed by atoms with Gasteiger partial charge in [-0.05, 0) is 35.0 Å². The number of fused-ring (bicyclic) bond motifs is 1. The highest BCUT2D eigenvalue weighted by Crippen LogP contribution is 2.35. The standard InChI is InChI=1S/C14H12FN5O3/c1-7(21)10-11(8-3-5-9(15)6-4-8)16-14-17-18-19-20(14)12(10)13(22)23-2/h3-6,11H,1-2H3,(H,16,17,19). The van der Waals surface area contributed by atoms with Crippen molar-refractivity contribution >= 4 is 23.4 Å². The topological polar surface area (TPSA) is 99.0 Å². The number of methoxy groups -OCH3 is 1. The van der Waals surface area contributed by atoms with Crippen LogP contribution in [0.5, 0.6) is 0 Å². The predicted molar refractivity (Wildman–Crippen MR) is 76.5 cm³/mol. The molecule has 0 fully saturated rings. The molecule has 8 nitrogen and oxygen atoms in total. The number of nitrogens with one attached hydrogen (secondary N) is 1. The van der Waals surface area contributed by atoms with Crippen LogP contribution in [0.4, 0.5) is 10.3 Å². The second-order valence-electron chi connectivity index (χ2n) is 4.85. The van der Waals surface area contributed by atoms with E-state index in [4.69, 9.17) is 4.74 Å². The second-order valence-corrected chi connectivity index (χ2v) is 4.85. The van der Waals surface area contributed by atoms with Crippen LogP contribution in [0, 0.1) is 5.82 Å². The average molecular weight is 317 g/mol. The first-order chi connectivity index (χ1) is 11.0. The molecule has 1 unspecified atom stereocenters. The maximum absolute atomic E-state index is 13.1. The van der Waals surface area contributed by atoms with Gasteiger partial charge < -0.3 is 10.1 Å². The summed E-state index contributed by atoms with van der Waals surface area (Å²) in [6.45, 7) is 1.33. The number of benzene rings is 1. The van der Waals surface area contributed by atoms with Gasteiger partial charge >= 0.3 is 5.97 Å². The fourth-order valence-electron chi connectivity index (χ4n) is 2.45. The molecule has 0 bridgehead atoms. The molecule has 0 saturated heterocycles. The van der Waals surface area contributed by atoms with Gasteiger partial charge in [-0.3, -0.25) is 4.79 Å². The summed E-state index contributed by atoms with van der Waals surface area (Å²) in [5, 5.41) is 13.9. The minimum atomic E-state index is -0.739. The molecule has 1 aliphatic heterocycles. The lowest BCUT2D eigenvalue weighted by atomic mass is 9.93. The van der Waals surface area contributed by atoms with Crippen LogP contribution >= 0.6 is 0 Å². The van der Waals surface area contributed by atoms with Crippen LogP contribution in [0.1, 0.15) is 18.5 Å². The average Bonchev–Trinajstić information content (AvgIpc) is 3.01. The molecule has 9 heteroatoms. The van der Waals surface area contributed by atoms with Gasteiger partial charge in [-0.25, -0.2) is 9.18 Å². The summed E-state index contributed by atoms with van der Waals surface area (Å²) in [7, 11) is 1.20. The number of nitrogens with zero attached hydrogens (tertiary/aromatic N) is 4. The molecule has 0 aliphatic carbocycles. The van der Waals surface area contributed by atoms with Crippen LogP contribution in [-0.2, 0) is 14.3 Å². The van der Waals surface area contributed by atoms with E-state index in [-0.39, 0.29) is 23.0 Å². The summed E-state index contributed by atoms with van der Waals surface area (Å²) in [5.74, 6) is -1.31. The van der Waals surface area contributed by atoms with Gasteiger partial charge in [0, 0.05) is 0 Å². The molecule has 0 saturated carbocycles. The predicted octanol–water partition coefficient (Wildman–Crippen LogP) is 0.952. The Morgan fingerprint density at radius 3 is 2.61 bits per heavy atom. The zero-order valence-corrected chi connectivity index (χ0v) is 12.3. The van der Waals surface area contributed by atoms with Gasteiger partial charge in [0.2, 0.25) is 5.95 Å². The van der Waals surface area contributed by atoms with E-state index in [1.165, 1.54) is 38.3 Å². The largest absolute Gasteiger partial charge is 0.464 e. The van der Waals surface area contributed by atoms with E-state index in [0.717, 1.165) is 4.68 Å². The maximum atomic E-state index is 13.1. The van der Waals surface area contributed by atoms with E-state index >= 15 is 0 Å². The molecule has 0 radical (unpaired) electrons. The highest BCUT2D eigenvalue weighted by molar-refractivity contribution is 6.20. The summed E-state index contributed by atoms with van der Waals surface area (Å²) in [4.78, 5) is 24.3. The van der Waals surface area contributed by atoms with Crippen molar-refractivity contribution in [1.29, 1.82) is 0 Å². The molecule has 1 atom stereocenters. The second kappa shape index (κ2) is 5.59. The summed E-state index contributed by atoms with van der Waals surface area (Å²) < 4.78 is 19.0. The summed E-state index contributed by atoms with van der Waals surface area (Å²) in [5.41, 5.74) is 0.670. The molecule has 1 aromatic carbocycles. The third-order valence-electron chi connectivity index (χ3n) is 3.46. The van der Waals surface area contributed by atoms with Crippen molar-refractivity contribution in [2.24, 2.45) is 0 Å². The third kappa shape index (κ3) is 2.45. The van der Waals surface area contributed by atoms with E-state index in [9.17, 15) is 14.0 Å². The number of hydrogen-bond donors (Lipinski definition) is 1. The SMILES string of the molecule is COC(=O)C1=C(C(C)=O)C(c2ccc(F)cc2)Nc2nnnn21. The molecule has 2 aromatic rings. The van der Waals surface area contributed by atoms with Crippen LogP contribution in [0.3, 0.4) is 0 Å². The van der Waals surface area contributed by atoms with E-state index in [2.05, 4.69) is 20.8 Å². The molecule has 0 amide bonds. The van der Waals surface area contributed by atoms with Gasteiger partial charge in [0.1, 0.15) is 5.82 Å². The van der Waals surface area contributed by atoms with Gasteiger partial charge in [-0.15, -0.1) is 0 Å². The Labute approximate surface area is 129 Å². The zero-order chi connectivity index (χ0) is 16.6. The molecule has 1 aliphatic rings. The molecular weight excluding hydrogens is 305 g/mol. The van der Waals surface area contributed by atoms with Crippen molar-refractivity contribution in [2.75, 3.05) is 12.4 Å². The normalized spacial score (nSPS) is 16.6. The molecule has 3 rings (SSSR count). The van der Waals surface area contributed by atoms with Crippen molar-refractivity contribution in [3.8, 4) is 0 Å². The first-order valence-corrected chi connectivity index (χ1v) is 6.67. The minimum Gasteiger partial charge on any atom is -0.464 e. The van der Waals surface area contributed by atoms with Crippen molar-refractivity contribution in [1.82, 2.24) is 20.2 Å². The lowest BCUT2D eigenvalue weighted by Gasteiger charge is -2.27. The summed E-state index contributed by atoms with van der Waals surface area (Å²) in [6, 6.07) is 4.88. The number of esters is 1. The van der Waals surface area contributed by atoms with E-state index < -0.39 is 17.8 Å². The van der Waals surface area contributed by atoms with Crippen molar-refractivity contribution in [3.05, 3.63) is 41.2 Å². The van der Waals surface area contributed by atoms with Crippen LogP contribution in [0.15, 0.2) is 29.8 Å². The van der Waals surface area contributed by atoms with Gasteiger partial charge in [-0.1, -0.05) is 17.2 Å². The highest BCUT2D eigenvalue weighted by atomic mass is 19.1. The Balaban J connectivity index is 2.22. The van der Waals surface area contributed by atoms with Gasteiger partial charge in [0.05, 0.1) is 18.7 Å². The fourth-order valence-corrected chi connectivity index (χ4v) is 2.45. The Hall–Kier alpha value is -3.10. The minimum absolute atomic E-state index is 0.0620. The number of hydrogen-bond acceptors (Lipinski definition) is 7. The number of anilines is 1. The third-order valence-corrected chi connectivity index (χ3v) is 3.46. The van der Waals surface area contributed by atoms with Gasteiger partial charge in [-0.2, -0.15) is 4.68 Å². The first-order valence-electron chi connectivity index (χ1n) is 6.67. The van der Waals surface area contributed by atoms with E-state index in [1.807, 2.05) is 0 Å². The number of aromatic nitrogens is 4. The van der Waals surface area contributed by atoms with Gasteiger partial charge in [0.25, 0.3) is 0 Å². The number of Topliss-reactive ketones (excluding diaryl/α,β-unsaturated/α-hetero) is 1. The van der Waals surface area contributed by atoms with Crippen molar-refractivity contribution in [2.45, 2.75) is 13.0 Å². The number of halogens is 1. The first kappa shape index (κ1) is 14.8. The summed E-state index contributed by atoms with van der Waals surface area (Å²) >= 11 is 0. The van der Waals surface area contributed by atoms with Crippen molar-refractivity contribution < 1.29 is 18.7 Å². The Kier molecular flexibility index (Phi) is 3.61. The molecule has 1 N–H and O–H groups in total. The van der Waals surface area contributed by atoms with E-state index in [1.54, 1.807) is 0 Å². The monoisotopic (exact) mass is 317 g/mol. The Morgan fingerprint density at radius 2 is 2.00 bits per heavy atom. The Morgan fingerprint density at radius 1 is 1.30 bits per heavy atom.